The van der Waals surface area contributed by atoms with Gasteiger partial charge in [0.2, 0.25) is 5.88 Å². The maximum atomic E-state index is 12.0. The van der Waals surface area contributed by atoms with Gasteiger partial charge in [0.1, 0.15) is 18.5 Å². The van der Waals surface area contributed by atoms with E-state index in [2.05, 4.69) is 47.4 Å². The van der Waals surface area contributed by atoms with E-state index in [4.69, 9.17) is 9.47 Å². The molecule has 1 aromatic heterocycles. The van der Waals surface area contributed by atoms with Crippen LogP contribution in [-0.2, 0) is 7.05 Å². The van der Waals surface area contributed by atoms with E-state index in [1.807, 2.05) is 29.8 Å². The Morgan fingerprint density at radius 2 is 1.78 bits per heavy atom. The highest BCUT2D eigenvalue weighted by Gasteiger charge is 2.23. The third kappa shape index (κ3) is 5.58. The molecule has 1 saturated heterocycles. The number of rotatable bonds is 7. The molecule has 1 atom stereocenters. The van der Waals surface area contributed by atoms with E-state index >= 15 is 0 Å². The number of ether oxygens (including phenoxy) is 2. The fraction of sp³-hybridized carbons (Fsp3) is 0.367. The average molecular weight is 502 g/mol. The molecule has 1 N–H and O–H groups in total. The van der Waals surface area contributed by atoms with Crippen LogP contribution in [0.2, 0.25) is 0 Å². The van der Waals surface area contributed by atoms with Crippen molar-refractivity contribution in [2.24, 2.45) is 7.05 Å². The van der Waals surface area contributed by atoms with Gasteiger partial charge < -0.3 is 28.9 Å². The van der Waals surface area contributed by atoms with E-state index in [1.165, 1.54) is 21.2 Å². The number of β-amino-alcohol motifs (C(OH)–C–C–N with tert-alkyl or cyclic N) is 1. The molecule has 1 fully saturated rings. The lowest BCUT2D eigenvalue weighted by Crippen LogP contribution is -2.40. The third-order valence-electron chi connectivity index (χ3n) is 7.29. The van der Waals surface area contributed by atoms with Crippen LogP contribution in [0, 0.1) is 0 Å². The van der Waals surface area contributed by atoms with Crippen molar-refractivity contribution in [3.63, 3.8) is 0 Å². The number of nitrogens with zero attached hydrogens (tertiary/aromatic N) is 3. The van der Waals surface area contributed by atoms with Crippen LogP contribution in [0.4, 0.5) is 4.79 Å². The van der Waals surface area contributed by atoms with Crippen molar-refractivity contribution in [3.8, 4) is 11.6 Å². The molecule has 0 spiro atoms. The number of hydrogen-bond donors (Lipinski definition) is 1. The summed E-state index contributed by atoms with van der Waals surface area (Å²) in [5, 5.41) is 14.2. The second-order valence-corrected chi connectivity index (χ2v) is 10.1. The van der Waals surface area contributed by atoms with Crippen LogP contribution in [0.25, 0.3) is 21.7 Å². The highest BCUT2D eigenvalue weighted by Crippen LogP contribution is 2.33. The zero-order valence-electron chi connectivity index (χ0n) is 21.8. The first-order valence-electron chi connectivity index (χ1n) is 12.9. The van der Waals surface area contributed by atoms with Crippen LogP contribution in [0.5, 0.6) is 11.6 Å². The van der Waals surface area contributed by atoms with Crippen LogP contribution >= 0.6 is 0 Å². The zero-order valence-corrected chi connectivity index (χ0v) is 21.8. The summed E-state index contributed by atoms with van der Waals surface area (Å²) in [6, 6.07) is 22.9. The van der Waals surface area contributed by atoms with Gasteiger partial charge in [-0.2, -0.15) is 0 Å². The van der Waals surface area contributed by atoms with Crippen LogP contribution in [-0.4, -0.2) is 72.0 Å². The molecular formula is C30H35N3O4. The van der Waals surface area contributed by atoms with Crippen molar-refractivity contribution in [2.45, 2.75) is 24.9 Å². The molecule has 0 aliphatic carbocycles. The van der Waals surface area contributed by atoms with Crippen molar-refractivity contribution in [3.05, 3.63) is 72.3 Å². The Labute approximate surface area is 217 Å². The molecule has 194 valence electrons. The SMILES string of the molecule is CN(C)C(=O)Oc1cc2c(OCC(O)CN3CCC(c4ccc5ccccc5c4)CC3)cccc2n1C. The number of carbonyl (C=O) groups excluding carboxylic acids is 1. The van der Waals surface area contributed by atoms with Gasteiger partial charge in [0.05, 0.1) is 5.52 Å². The zero-order chi connectivity index (χ0) is 25.9. The summed E-state index contributed by atoms with van der Waals surface area (Å²) in [6.07, 6.45) is 1.14. The van der Waals surface area contributed by atoms with E-state index in [9.17, 15) is 9.90 Å². The van der Waals surface area contributed by atoms with Crippen LogP contribution in [0.15, 0.2) is 66.7 Å². The quantitative estimate of drug-likeness (QED) is 0.386. The van der Waals surface area contributed by atoms with Crippen molar-refractivity contribution >= 4 is 27.8 Å². The molecule has 3 aromatic carbocycles. The smallest absolute Gasteiger partial charge is 0.415 e. The largest absolute Gasteiger partial charge is 0.490 e. The van der Waals surface area contributed by atoms with Crippen molar-refractivity contribution in [1.82, 2.24) is 14.4 Å². The standard InChI is InChI=1S/C30H35N3O4/c1-31(2)30(35)37-29-18-26-27(32(29)3)9-6-10-28(26)36-20-25(34)19-33-15-13-22(14-16-33)24-12-11-21-7-4-5-8-23(21)17-24/h4-12,17-18,22,25,34H,13-16,19-20H2,1-3H3. The van der Waals surface area contributed by atoms with Gasteiger partial charge in [-0.15, -0.1) is 0 Å². The predicted octanol–water partition coefficient (Wildman–Crippen LogP) is 5.01. The number of fused-ring (bicyclic) bond motifs is 2. The number of aliphatic hydroxyl groups excluding tert-OH is 1. The Bertz CT molecular complexity index is 1390. The Hall–Kier alpha value is -3.55. The number of amides is 1. The fourth-order valence-corrected chi connectivity index (χ4v) is 5.16. The van der Waals surface area contributed by atoms with Gasteiger partial charge in [0, 0.05) is 39.1 Å². The van der Waals surface area contributed by atoms with Gasteiger partial charge in [-0.3, -0.25) is 0 Å². The van der Waals surface area contributed by atoms with Crippen molar-refractivity contribution in [2.75, 3.05) is 40.3 Å². The first-order valence-corrected chi connectivity index (χ1v) is 12.9. The van der Waals surface area contributed by atoms with Gasteiger partial charge in [0.25, 0.3) is 0 Å². The molecule has 37 heavy (non-hydrogen) atoms. The number of benzene rings is 3. The van der Waals surface area contributed by atoms with Gasteiger partial charge >= 0.3 is 6.09 Å². The van der Waals surface area contributed by atoms with E-state index in [-0.39, 0.29) is 6.61 Å². The number of carbonyl (C=O) groups is 1. The number of aryl methyl sites for hydroxylation is 1. The molecule has 1 amide bonds. The number of hydrogen-bond acceptors (Lipinski definition) is 5. The molecule has 1 unspecified atom stereocenters. The Kier molecular flexibility index (Phi) is 7.35. The maximum Gasteiger partial charge on any atom is 0.415 e. The summed E-state index contributed by atoms with van der Waals surface area (Å²) in [6.45, 7) is 2.71. The molecule has 0 radical (unpaired) electrons. The summed E-state index contributed by atoms with van der Waals surface area (Å²) >= 11 is 0. The van der Waals surface area contributed by atoms with Crippen molar-refractivity contribution < 1.29 is 19.4 Å². The van der Waals surface area contributed by atoms with Gasteiger partial charge in [-0.25, -0.2) is 4.79 Å². The number of piperidine rings is 1. The summed E-state index contributed by atoms with van der Waals surface area (Å²) in [7, 11) is 5.14. The third-order valence-corrected chi connectivity index (χ3v) is 7.29. The summed E-state index contributed by atoms with van der Waals surface area (Å²) in [4.78, 5) is 15.7. The van der Waals surface area contributed by atoms with Gasteiger partial charge in [0.15, 0.2) is 0 Å². The van der Waals surface area contributed by atoms with Gasteiger partial charge in [-0.05, 0) is 60.3 Å². The maximum absolute atomic E-state index is 12.0. The molecule has 2 heterocycles. The molecule has 7 nitrogen and oxygen atoms in total. The fourth-order valence-electron chi connectivity index (χ4n) is 5.16. The first kappa shape index (κ1) is 25.1. The Morgan fingerprint density at radius 1 is 1.03 bits per heavy atom. The topological polar surface area (TPSA) is 67.2 Å². The summed E-state index contributed by atoms with van der Waals surface area (Å²) in [5.74, 6) is 1.66. The van der Waals surface area contributed by atoms with E-state index in [0.717, 1.165) is 36.8 Å². The van der Waals surface area contributed by atoms with Crippen LogP contribution in [0.1, 0.15) is 24.3 Å². The minimum absolute atomic E-state index is 0.200. The normalized spacial score (nSPS) is 15.7. The van der Waals surface area contributed by atoms with Crippen molar-refractivity contribution in [1.29, 1.82) is 0 Å². The highest BCUT2D eigenvalue weighted by molar-refractivity contribution is 5.89. The molecule has 5 rings (SSSR count). The Morgan fingerprint density at radius 3 is 2.54 bits per heavy atom. The minimum Gasteiger partial charge on any atom is -0.490 e. The molecule has 0 bridgehead atoms. The molecule has 0 saturated carbocycles. The molecule has 4 aromatic rings. The number of likely N-dealkylation sites (tertiary alicyclic amines) is 1. The van der Waals surface area contributed by atoms with E-state index in [0.29, 0.717) is 24.1 Å². The second-order valence-electron chi connectivity index (χ2n) is 10.1. The minimum atomic E-state index is -0.595. The van der Waals surface area contributed by atoms with E-state index in [1.54, 1.807) is 20.2 Å². The second kappa shape index (κ2) is 10.8. The monoisotopic (exact) mass is 501 g/mol. The van der Waals surface area contributed by atoms with Crippen LogP contribution in [0.3, 0.4) is 0 Å². The van der Waals surface area contributed by atoms with Gasteiger partial charge in [-0.1, -0.05) is 48.5 Å². The molecule has 7 heteroatoms. The molecule has 1 aliphatic rings. The number of aliphatic hydroxyl groups is 1. The molecule has 1 aliphatic heterocycles. The summed E-state index contributed by atoms with van der Waals surface area (Å²) in [5.41, 5.74) is 2.30. The molecular weight excluding hydrogens is 466 g/mol. The lowest BCUT2D eigenvalue weighted by molar-refractivity contribution is 0.0599. The summed E-state index contributed by atoms with van der Waals surface area (Å²) < 4.78 is 13.3. The first-order chi connectivity index (χ1) is 17.9. The Balaban J connectivity index is 1.15. The number of aromatic nitrogens is 1. The highest BCUT2D eigenvalue weighted by atomic mass is 16.6. The lowest BCUT2D eigenvalue weighted by atomic mass is 9.88. The van der Waals surface area contributed by atoms with Crippen LogP contribution < -0.4 is 9.47 Å². The lowest BCUT2D eigenvalue weighted by Gasteiger charge is -2.33. The predicted molar refractivity (Wildman–Crippen MR) is 146 cm³/mol. The average Bonchev–Trinajstić information content (AvgIpc) is 3.23. The van der Waals surface area contributed by atoms with E-state index < -0.39 is 12.2 Å².